The molecule has 2 heterocycles. The number of ether oxygens (including phenoxy) is 4. The molecule has 9 heteroatoms. The molecule has 1 saturated heterocycles. The van der Waals surface area contributed by atoms with Gasteiger partial charge in [-0.05, 0) is 64.1 Å². The zero-order valence-corrected chi connectivity index (χ0v) is 17.8. The van der Waals surface area contributed by atoms with Crippen LogP contribution in [0.3, 0.4) is 0 Å². The van der Waals surface area contributed by atoms with Crippen LogP contribution in [0.15, 0.2) is 24.4 Å². The fourth-order valence-electron chi connectivity index (χ4n) is 3.46. The number of nitrogens with zero attached hydrogens (tertiary/aromatic N) is 2. The second kappa shape index (κ2) is 10.6. The highest BCUT2D eigenvalue weighted by Crippen LogP contribution is 2.28. The summed E-state index contributed by atoms with van der Waals surface area (Å²) in [4.78, 5) is 13.9. The normalized spacial score (nSPS) is 16.0. The molecule has 1 unspecified atom stereocenters. The van der Waals surface area contributed by atoms with Crippen LogP contribution in [0.2, 0.25) is 0 Å². The predicted molar refractivity (Wildman–Crippen MR) is 111 cm³/mol. The van der Waals surface area contributed by atoms with Crippen LogP contribution in [-0.2, 0) is 20.6 Å². The Labute approximate surface area is 176 Å². The van der Waals surface area contributed by atoms with Gasteiger partial charge in [0.1, 0.15) is 11.9 Å². The van der Waals surface area contributed by atoms with Gasteiger partial charge in [0.25, 0.3) is 0 Å². The third-order valence-electron chi connectivity index (χ3n) is 5.13. The van der Waals surface area contributed by atoms with Crippen LogP contribution < -0.4 is 10.1 Å². The molecule has 0 spiro atoms. The average Bonchev–Trinajstić information content (AvgIpc) is 3.10. The second-order valence-corrected chi connectivity index (χ2v) is 7.57. The number of hydrogen-bond donors (Lipinski definition) is 2. The van der Waals surface area contributed by atoms with E-state index in [0.717, 1.165) is 55.4 Å². The first-order chi connectivity index (χ1) is 14.5. The van der Waals surface area contributed by atoms with E-state index in [1.54, 1.807) is 11.7 Å². The van der Waals surface area contributed by atoms with Crippen molar-refractivity contribution in [2.45, 2.75) is 31.8 Å². The third-order valence-corrected chi connectivity index (χ3v) is 5.13. The molecule has 0 amide bonds. The minimum Gasteiger partial charge on any atom is -0.497 e. The standard InChI is InChI=1S/C21H31N3O6/c1-23(2)11-8-15-13-24(19-12-17(27-3)4-5-18(15)19)20(25)28-14-29-21(26)30-16-6-9-22-10-7-16/h4-5,12-13,16,20,22,25H,6-11,14H2,1-3H3. The van der Waals surface area contributed by atoms with Gasteiger partial charge in [0.15, 0.2) is 0 Å². The molecule has 2 N–H and O–H groups in total. The summed E-state index contributed by atoms with van der Waals surface area (Å²) in [5.74, 6) is 0.676. The van der Waals surface area contributed by atoms with Crippen molar-refractivity contribution in [3.63, 3.8) is 0 Å². The van der Waals surface area contributed by atoms with E-state index >= 15 is 0 Å². The lowest BCUT2D eigenvalue weighted by molar-refractivity contribution is -0.198. The third kappa shape index (κ3) is 5.85. The Hall–Kier alpha value is -2.33. The van der Waals surface area contributed by atoms with Crippen LogP contribution in [0.4, 0.5) is 4.79 Å². The molecule has 1 aliphatic heterocycles. The molecule has 0 saturated carbocycles. The number of nitrogens with one attached hydrogen (secondary N) is 1. The van der Waals surface area contributed by atoms with Crippen molar-refractivity contribution in [1.82, 2.24) is 14.8 Å². The van der Waals surface area contributed by atoms with Gasteiger partial charge in [0.2, 0.25) is 13.2 Å². The molecule has 3 rings (SSSR count). The number of aromatic nitrogens is 1. The van der Waals surface area contributed by atoms with E-state index in [2.05, 4.69) is 10.2 Å². The SMILES string of the molecule is COc1ccc2c(CCN(C)C)cn(C(O)OCOC(=O)OC3CCNCC3)c2c1. The summed E-state index contributed by atoms with van der Waals surface area (Å²) in [7, 11) is 5.62. The highest BCUT2D eigenvalue weighted by atomic mass is 16.8. The molecule has 1 aliphatic rings. The molecule has 0 radical (unpaired) electrons. The van der Waals surface area contributed by atoms with Gasteiger partial charge in [-0.15, -0.1) is 0 Å². The maximum Gasteiger partial charge on any atom is 0.510 e. The van der Waals surface area contributed by atoms with E-state index in [1.807, 2.05) is 38.5 Å². The second-order valence-electron chi connectivity index (χ2n) is 7.57. The van der Waals surface area contributed by atoms with Crippen LogP contribution in [0, 0.1) is 0 Å². The number of fused-ring (bicyclic) bond motifs is 1. The van der Waals surface area contributed by atoms with E-state index in [4.69, 9.17) is 18.9 Å². The maximum atomic E-state index is 11.8. The Morgan fingerprint density at radius 2 is 2.10 bits per heavy atom. The first-order valence-electron chi connectivity index (χ1n) is 10.1. The minimum absolute atomic E-state index is 0.149. The molecular weight excluding hydrogens is 390 g/mol. The average molecular weight is 421 g/mol. The van der Waals surface area contributed by atoms with Crippen molar-refractivity contribution in [2.24, 2.45) is 0 Å². The maximum absolute atomic E-state index is 11.8. The van der Waals surface area contributed by atoms with Crippen molar-refractivity contribution in [3.05, 3.63) is 30.0 Å². The summed E-state index contributed by atoms with van der Waals surface area (Å²) in [5, 5.41) is 14.8. The molecule has 0 aliphatic carbocycles. The van der Waals surface area contributed by atoms with Gasteiger partial charge in [-0.3, -0.25) is 9.30 Å². The highest BCUT2D eigenvalue weighted by molar-refractivity contribution is 5.85. The van der Waals surface area contributed by atoms with Crippen LogP contribution in [-0.4, -0.2) is 74.5 Å². The Bertz CT molecular complexity index is 832. The van der Waals surface area contributed by atoms with Crippen molar-refractivity contribution in [1.29, 1.82) is 0 Å². The number of rotatable bonds is 9. The van der Waals surface area contributed by atoms with Crippen molar-refractivity contribution in [2.75, 3.05) is 47.6 Å². The Morgan fingerprint density at radius 1 is 1.33 bits per heavy atom. The summed E-state index contributed by atoms with van der Waals surface area (Å²) in [6, 6.07) is 5.70. The number of methoxy groups -OCH3 is 1. The number of benzene rings is 1. The van der Waals surface area contributed by atoms with Crippen LogP contribution in [0.1, 0.15) is 24.8 Å². The number of hydrogen-bond acceptors (Lipinski definition) is 8. The number of carbonyl (C=O) groups excluding carboxylic acids is 1. The fraction of sp³-hybridized carbons (Fsp3) is 0.571. The van der Waals surface area contributed by atoms with Gasteiger partial charge in [0.05, 0.1) is 12.6 Å². The van der Waals surface area contributed by atoms with Crippen LogP contribution in [0.25, 0.3) is 10.9 Å². The summed E-state index contributed by atoms with van der Waals surface area (Å²) in [6.07, 6.45) is 1.92. The first kappa shape index (κ1) is 22.4. The summed E-state index contributed by atoms with van der Waals surface area (Å²) >= 11 is 0. The summed E-state index contributed by atoms with van der Waals surface area (Å²) in [5.41, 5.74) is 1.85. The Morgan fingerprint density at radius 3 is 2.80 bits per heavy atom. The van der Waals surface area contributed by atoms with Crippen molar-refractivity contribution in [3.8, 4) is 5.75 Å². The fourth-order valence-corrected chi connectivity index (χ4v) is 3.46. The topological polar surface area (TPSA) is 94.4 Å². The number of likely N-dealkylation sites (N-methyl/N-ethyl adjacent to an activating group) is 1. The van der Waals surface area contributed by atoms with E-state index in [9.17, 15) is 9.90 Å². The molecular formula is C21H31N3O6. The molecule has 1 aromatic carbocycles. The van der Waals surface area contributed by atoms with Gasteiger partial charge < -0.3 is 29.5 Å². The minimum atomic E-state index is -1.32. The zero-order valence-electron chi connectivity index (χ0n) is 17.8. The zero-order chi connectivity index (χ0) is 21.5. The van der Waals surface area contributed by atoms with Gasteiger partial charge in [-0.1, -0.05) is 0 Å². The quantitative estimate of drug-likeness (QED) is 0.470. The summed E-state index contributed by atoms with van der Waals surface area (Å²) < 4.78 is 22.5. The molecule has 9 nitrogen and oxygen atoms in total. The molecule has 2 aromatic rings. The molecule has 30 heavy (non-hydrogen) atoms. The Kier molecular flexibility index (Phi) is 7.92. The Balaban J connectivity index is 1.62. The largest absolute Gasteiger partial charge is 0.510 e. The monoisotopic (exact) mass is 421 g/mol. The van der Waals surface area contributed by atoms with Crippen LogP contribution >= 0.6 is 0 Å². The van der Waals surface area contributed by atoms with E-state index in [0.29, 0.717) is 5.75 Å². The lowest BCUT2D eigenvalue weighted by Crippen LogP contribution is -2.34. The van der Waals surface area contributed by atoms with E-state index < -0.39 is 19.4 Å². The number of carbonyl (C=O) groups is 1. The lowest BCUT2D eigenvalue weighted by atomic mass is 10.1. The molecule has 0 bridgehead atoms. The highest BCUT2D eigenvalue weighted by Gasteiger charge is 2.20. The molecule has 1 fully saturated rings. The number of aliphatic hydroxyl groups is 1. The molecule has 1 atom stereocenters. The predicted octanol–water partition coefficient (Wildman–Crippen LogP) is 2.08. The smallest absolute Gasteiger partial charge is 0.497 e. The molecule has 1 aromatic heterocycles. The molecule has 166 valence electrons. The first-order valence-corrected chi connectivity index (χ1v) is 10.1. The summed E-state index contributed by atoms with van der Waals surface area (Å²) in [6.45, 7) is 2.08. The van der Waals surface area contributed by atoms with Crippen molar-refractivity contribution >= 4 is 17.1 Å². The van der Waals surface area contributed by atoms with Gasteiger partial charge >= 0.3 is 6.16 Å². The van der Waals surface area contributed by atoms with E-state index in [1.165, 1.54) is 0 Å². The van der Waals surface area contributed by atoms with Crippen molar-refractivity contribution < 1.29 is 28.8 Å². The van der Waals surface area contributed by atoms with Crippen LogP contribution in [0.5, 0.6) is 5.75 Å². The van der Waals surface area contributed by atoms with Gasteiger partial charge in [0, 0.05) is 24.2 Å². The van der Waals surface area contributed by atoms with E-state index in [-0.39, 0.29) is 6.10 Å². The number of piperidine rings is 1. The number of aliphatic hydroxyl groups excluding tert-OH is 1. The van der Waals surface area contributed by atoms with Gasteiger partial charge in [-0.2, -0.15) is 0 Å². The lowest BCUT2D eigenvalue weighted by Gasteiger charge is -2.22. The van der Waals surface area contributed by atoms with Gasteiger partial charge in [-0.25, -0.2) is 4.79 Å².